The molecule has 6 heteroatoms. The number of hydrogen-bond donors (Lipinski definition) is 1. The first-order valence-electron chi connectivity index (χ1n) is 6.21. The molecular formula is C13H18FNO3S. The minimum Gasteiger partial charge on any atom is -0.496 e. The number of benzene rings is 1. The van der Waals surface area contributed by atoms with Crippen molar-refractivity contribution in [2.45, 2.75) is 18.9 Å². The fourth-order valence-corrected chi connectivity index (χ4v) is 4.42. The molecule has 0 saturated carbocycles. The van der Waals surface area contributed by atoms with E-state index in [-0.39, 0.29) is 23.2 Å². The highest BCUT2D eigenvalue weighted by Gasteiger charge is 2.30. The summed E-state index contributed by atoms with van der Waals surface area (Å²) in [6.45, 7) is 0. The fraction of sp³-hybridized carbons (Fsp3) is 0.538. The lowest BCUT2D eigenvalue weighted by Crippen LogP contribution is -2.17. The highest BCUT2D eigenvalue weighted by atomic mass is 32.2. The second kappa shape index (κ2) is 5.46. The van der Waals surface area contributed by atoms with Crippen molar-refractivity contribution in [2.24, 2.45) is 11.7 Å². The zero-order valence-corrected chi connectivity index (χ0v) is 11.6. The average Bonchev–Trinajstić information content (AvgIpc) is 2.68. The van der Waals surface area contributed by atoms with Crippen LogP contribution in [0, 0.1) is 11.7 Å². The summed E-state index contributed by atoms with van der Waals surface area (Å²) < 4.78 is 41.3. The van der Waals surface area contributed by atoms with Crippen molar-refractivity contribution in [2.75, 3.05) is 18.6 Å². The Hall–Kier alpha value is -1.14. The van der Waals surface area contributed by atoms with Gasteiger partial charge in [0.25, 0.3) is 0 Å². The second-order valence-corrected chi connectivity index (χ2v) is 7.23. The molecule has 0 aromatic heterocycles. The molecule has 1 saturated heterocycles. The molecule has 2 N–H and O–H groups in total. The van der Waals surface area contributed by atoms with Crippen molar-refractivity contribution < 1.29 is 17.5 Å². The van der Waals surface area contributed by atoms with Gasteiger partial charge >= 0.3 is 0 Å². The van der Waals surface area contributed by atoms with Crippen LogP contribution in [0.4, 0.5) is 4.39 Å². The van der Waals surface area contributed by atoms with Crippen molar-refractivity contribution in [3.63, 3.8) is 0 Å². The van der Waals surface area contributed by atoms with Gasteiger partial charge in [-0.05, 0) is 37.0 Å². The number of rotatable bonds is 4. The van der Waals surface area contributed by atoms with Gasteiger partial charge in [-0.1, -0.05) is 0 Å². The average molecular weight is 287 g/mol. The Morgan fingerprint density at radius 1 is 1.53 bits per heavy atom. The molecule has 2 unspecified atom stereocenters. The van der Waals surface area contributed by atoms with Gasteiger partial charge in [0, 0.05) is 11.6 Å². The normalized spacial score (nSPS) is 23.2. The van der Waals surface area contributed by atoms with Crippen LogP contribution in [0.5, 0.6) is 5.75 Å². The number of sulfone groups is 1. The van der Waals surface area contributed by atoms with Crippen molar-refractivity contribution in [3.8, 4) is 5.75 Å². The van der Waals surface area contributed by atoms with Gasteiger partial charge in [0.15, 0.2) is 9.84 Å². The number of hydrogen-bond acceptors (Lipinski definition) is 4. The number of halogens is 1. The SMILES string of the molecule is COc1ccc(F)cc1C(N)CC1CCS(=O)(=O)C1. The minimum atomic E-state index is -2.91. The van der Waals surface area contributed by atoms with Crippen molar-refractivity contribution in [1.29, 1.82) is 0 Å². The molecule has 1 fully saturated rings. The Kier molecular flexibility index (Phi) is 4.10. The van der Waals surface area contributed by atoms with Crippen LogP contribution in [0.2, 0.25) is 0 Å². The molecule has 2 rings (SSSR count). The van der Waals surface area contributed by atoms with Crippen molar-refractivity contribution in [1.82, 2.24) is 0 Å². The van der Waals surface area contributed by atoms with E-state index in [9.17, 15) is 12.8 Å². The van der Waals surface area contributed by atoms with Crippen LogP contribution in [-0.4, -0.2) is 27.0 Å². The monoisotopic (exact) mass is 287 g/mol. The van der Waals surface area contributed by atoms with Crippen LogP contribution in [-0.2, 0) is 9.84 Å². The van der Waals surface area contributed by atoms with E-state index in [1.807, 2.05) is 0 Å². The van der Waals surface area contributed by atoms with Gasteiger partial charge in [-0.15, -0.1) is 0 Å². The molecule has 1 heterocycles. The molecule has 106 valence electrons. The van der Waals surface area contributed by atoms with E-state index in [1.165, 1.54) is 25.3 Å². The van der Waals surface area contributed by atoms with Crippen LogP contribution in [0.3, 0.4) is 0 Å². The maximum atomic E-state index is 13.3. The Bertz CT molecular complexity index is 559. The van der Waals surface area contributed by atoms with E-state index in [2.05, 4.69) is 0 Å². The lowest BCUT2D eigenvalue weighted by molar-refractivity contribution is 0.395. The van der Waals surface area contributed by atoms with E-state index in [4.69, 9.17) is 10.5 Å². The summed E-state index contributed by atoms with van der Waals surface area (Å²) >= 11 is 0. The van der Waals surface area contributed by atoms with Gasteiger partial charge in [0.2, 0.25) is 0 Å². The third-order valence-electron chi connectivity index (χ3n) is 3.51. The maximum Gasteiger partial charge on any atom is 0.150 e. The molecule has 1 aromatic carbocycles. The summed E-state index contributed by atoms with van der Waals surface area (Å²) in [4.78, 5) is 0. The molecule has 0 spiro atoms. The Balaban J connectivity index is 2.12. The smallest absolute Gasteiger partial charge is 0.150 e. The van der Waals surface area contributed by atoms with Crippen molar-refractivity contribution in [3.05, 3.63) is 29.6 Å². The first-order valence-corrected chi connectivity index (χ1v) is 8.03. The topological polar surface area (TPSA) is 69.4 Å². The Morgan fingerprint density at radius 2 is 2.26 bits per heavy atom. The third-order valence-corrected chi connectivity index (χ3v) is 5.34. The van der Waals surface area contributed by atoms with E-state index in [0.717, 1.165) is 0 Å². The number of ether oxygens (including phenoxy) is 1. The third kappa shape index (κ3) is 3.45. The molecule has 0 bridgehead atoms. The highest BCUT2D eigenvalue weighted by molar-refractivity contribution is 7.91. The molecule has 0 amide bonds. The van der Waals surface area contributed by atoms with Gasteiger partial charge in [-0.2, -0.15) is 0 Å². The zero-order valence-electron chi connectivity index (χ0n) is 10.8. The molecule has 1 aliphatic heterocycles. The fourth-order valence-electron chi connectivity index (χ4n) is 2.54. The van der Waals surface area contributed by atoms with E-state index in [1.54, 1.807) is 0 Å². The van der Waals surface area contributed by atoms with Crippen LogP contribution in [0.1, 0.15) is 24.4 Å². The van der Waals surface area contributed by atoms with Crippen LogP contribution >= 0.6 is 0 Å². The summed E-state index contributed by atoms with van der Waals surface area (Å²) in [5, 5.41) is 0. The number of nitrogens with two attached hydrogens (primary N) is 1. The molecule has 4 nitrogen and oxygen atoms in total. The Labute approximate surface area is 112 Å². The quantitative estimate of drug-likeness (QED) is 0.914. The summed E-state index contributed by atoms with van der Waals surface area (Å²) in [5.74, 6) is 0.622. The molecule has 0 radical (unpaired) electrons. The lowest BCUT2D eigenvalue weighted by Gasteiger charge is -2.18. The van der Waals surface area contributed by atoms with E-state index in [0.29, 0.717) is 24.2 Å². The molecule has 2 atom stereocenters. The zero-order chi connectivity index (χ0) is 14.0. The van der Waals surface area contributed by atoms with Crippen LogP contribution < -0.4 is 10.5 Å². The second-order valence-electron chi connectivity index (χ2n) is 5.00. The summed E-state index contributed by atoms with van der Waals surface area (Å²) in [7, 11) is -1.40. The van der Waals surface area contributed by atoms with Gasteiger partial charge in [-0.25, -0.2) is 12.8 Å². The van der Waals surface area contributed by atoms with Gasteiger partial charge in [-0.3, -0.25) is 0 Å². The van der Waals surface area contributed by atoms with Gasteiger partial charge < -0.3 is 10.5 Å². The molecule has 19 heavy (non-hydrogen) atoms. The molecular weight excluding hydrogens is 269 g/mol. The van der Waals surface area contributed by atoms with Crippen LogP contribution in [0.25, 0.3) is 0 Å². The standard InChI is InChI=1S/C13H18FNO3S/c1-18-13-3-2-10(14)7-11(13)12(15)6-9-4-5-19(16,17)8-9/h2-3,7,9,12H,4-6,8,15H2,1H3. The van der Waals surface area contributed by atoms with Crippen LogP contribution in [0.15, 0.2) is 18.2 Å². The van der Waals surface area contributed by atoms with E-state index >= 15 is 0 Å². The summed E-state index contributed by atoms with van der Waals surface area (Å²) in [6, 6.07) is 3.79. The summed E-state index contributed by atoms with van der Waals surface area (Å²) in [5.41, 5.74) is 6.66. The summed E-state index contributed by atoms with van der Waals surface area (Å²) in [6.07, 6.45) is 1.16. The van der Waals surface area contributed by atoms with E-state index < -0.39 is 15.9 Å². The first-order chi connectivity index (χ1) is 8.91. The Morgan fingerprint density at radius 3 is 2.84 bits per heavy atom. The first kappa shape index (κ1) is 14.3. The highest BCUT2D eigenvalue weighted by Crippen LogP contribution is 2.32. The van der Waals surface area contributed by atoms with Gasteiger partial charge in [0.1, 0.15) is 11.6 Å². The molecule has 1 aromatic rings. The molecule has 0 aliphatic carbocycles. The predicted octanol–water partition coefficient (Wildman–Crippen LogP) is 1.66. The largest absolute Gasteiger partial charge is 0.496 e. The minimum absolute atomic E-state index is 0.0490. The van der Waals surface area contributed by atoms with Gasteiger partial charge in [0.05, 0.1) is 18.6 Å². The lowest BCUT2D eigenvalue weighted by atomic mass is 9.94. The number of methoxy groups -OCH3 is 1. The predicted molar refractivity (Wildman–Crippen MR) is 71.3 cm³/mol. The van der Waals surface area contributed by atoms with Crippen molar-refractivity contribution >= 4 is 9.84 Å². The molecule has 1 aliphatic rings. The maximum absolute atomic E-state index is 13.3.